The van der Waals surface area contributed by atoms with Crippen LogP contribution in [0.5, 0.6) is 11.5 Å². The number of hydrogen-bond donors (Lipinski definition) is 1. The van der Waals surface area contributed by atoms with Crippen LogP contribution in [-0.2, 0) is 0 Å². The Labute approximate surface area is 141 Å². The van der Waals surface area contributed by atoms with Crippen LogP contribution in [0, 0.1) is 0 Å². The third-order valence-electron chi connectivity index (χ3n) is 3.32. The first-order valence-corrected chi connectivity index (χ1v) is 8.10. The van der Waals surface area contributed by atoms with Crippen LogP contribution >= 0.6 is 11.3 Å². The van der Waals surface area contributed by atoms with Crippen molar-refractivity contribution in [1.29, 1.82) is 0 Å². The summed E-state index contributed by atoms with van der Waals surface area (Å²) < 4.78 is 11.0. The summed E-state index contributed by atoms with van der Waals surface area (Å²) in [5.74, 6) is 1.01. The highest BCUT2D eigenvalue weighted by Crippen LogP contribution is 2.32. The van der Waals surface area contributed by atoms with Gasteiger partial charge >= 0.3 is 0 Å². The van der Waals surface area contributed by atoms with Crippen LogP contribution < -0.4 is 14.8 Å². The Balaban J connectivity index is 1.51. The number of aromatic nitrogens is 3. The van der Waals surface area contributed by atoms with Crippen LogP contribution in [0.3, 0.4) is 0 Å². The van der Waals surface area contributed by atoms with Gasteiger partial charge in [-0.25, -0.2) is 4.98 Å². The van der Waals surface area contributed by atoms with Gasteiger partial charge in [0.15, 0.2) is 11.5 Å². The fourth-order valence-electron chi connectivity index (χ4n) is 2.22. The Kier molecular flexibility index (Phi) is 3.80. The summed E-state index contributed by atoms with van der Waals surface area (Å²) in [7, 11) is 0. The molecule has 2 aromatic heterocycles. The number of amides is 1. The molecule has 0 unspecified atom stereocenters. The SMILES string of the molecule is O=C(Nc1ccc2c(c1)OCCO2)c1csc(-c2cnccn2)n1. The maximum absolute atomic E-state index is 12.4. The Morgan fingerprint density at radius 2 is 2.04 bits per heavy atom. The molecule has 4 rings (SSSR count). The van der Waals surface area contributed by atoms with Gasteiger partial charge in [-0.15, -0.1) is 11.3 Å². The molecule has 0 aliphatic carbocycles. The molecule has 3 aromatic rings. The summed E-state index contributed by atoms with van der Waals surface area (Å²) in [4.78, 5) is 24.8. The Hall–Kier alpha value is -3.00. The van der Waals surface area contributed by atoms with E-state index in [0.29, 0.717) is 46.8 Å². The molecule has 3 heterocycles. The van der Waals surface area contributed by atoms with Crippen molar-refractivity contribution < 1.29 is 14.3 Å². The summed E-state index contributed by atoms with van der Waals surface area (Å²) in [6.07, 6.45) is 4.79. The maximum Gasteiger partial charge on any atom is 0.275 e. The van der Waals surface area contributed by atoms with Gasteiger partial charge in [0.05, 0.1) is 6.20 Å². The van der Waals surface area contributed by atoms with Gasteiger partial charge in [-0.1, -0.05) is 0 Å². The molecule has 24 heavy (non-hydrogen) atoms. The lowest BCUT2D eigenvalue weighted by molar-refractivity contribution is 0.102. The molecule has 0 spiro atoms. The van der Waals surface area contributed by atoms with Crippen LogP contribution in [0.2, 0.25) is 0 Å². The van der Waals surface area contributed by atoms with Crippen LogP contribution in [-0.4, -0.2) is 34.1 Å². The molecule has 1 aliphatic heterocycles. The van der Waals surface area contributed by atoms with Gasteiger partial charge in [-0.2, -0.15) is 0 Å². The number of benzene rings is 1. The predicted molar refractivity (Wildman–Crippen MR) is 88.5 cm³/mol. The van der Waals surface area contributed by atoms with Crippen molar-refractivity contribution >= 4 is 22.9 Å². The summed E-state index contributed by atoms with van der Waals surface area (Å²) >= 11 is 1.35. The average molecular weight is 340 g/mol. The van der Waals surface area contributed by atoms with E-state index in [4.69, 9.17) is 9.47 Å². The quantitative estimate of drug-likeness (QED) is 0.789. The standard InChI is InChI=1S/C16H12N4O3S/c21-15(12-9-24-16(20-12)11-8-17-3-4-18-11)19-10-1-2-13-14(7-10)23-6-5-22-13/h1-4,7-9H,5-6H2,(H,19,21). The third kappa shape index (κ3) is 2.91. The summed E-state index contributed by atoms with van der Waals surface area (Å²) in [6.45, 7) is 1.03. The molecule has 1 aliphatic rings. The second kappa shape index (κ2) is 6.25. The zero-order valence-corrected chi connectivity index (χ0v) is 13.2. The lowest BCUT2D eigenvalue weighted by atomic mass is 10.2. The number of anilines is 1. The van der Waals surface area contributed by atoms with Crippen molar-refractivity contribution in [3.8, 4) is 22.2 Å². The normalized spacial score (nSPS) is 12.7. The van der Waals surface area contributed by atoms with Crippen LogP contribution in [0.25, 0.3) is 10.7 Å². The fourth-order valence-corrected chi connectivity index (χ4v) is 2.98. The minimum Gasteiger partial charge on any atom is -0.486 e. The molecule has 1 aromatic carbocycles. The number of nitrogens with zero attached hydrogens (tertiary/aromatic N) is 3. The minimum atomic E-state index is -0.293. The van der Waals surface area contributed by atoms with Gasteiger partial charge in [-0.3, -0.25) is 14.8 Å². The van der Waals surface area contributed by atoms with Crippen LogP contribution in [0.15, 0.2) is 42.2 Å². The number of nitrogens with one attached hydrogen (secondary N) is 1. The number of carbonyl (C=O) groups is 1. The average Bonchev–Trinajstić information content (AvgIpc) is 3.13. The molecule has 7 nitrogen and oxygen atoms in total. The molecule has 0 fully saturated rings. The lowest BCUT2D eigenvalue weighted by Gasteiger charge is -2.18. The predicted octanol–water partition coefficient (Wildman–Crippen LogP) is 2.62. The molecule has 0 atom stereocenters. The number of fused-ring (bicyclic) bond motifs is 1. The number of thiazole rings is 1. The molecular formula is C16H12N4O3S. The van der Waals surface area contributed by atoms with Gasteiger partial charge in [-0.05, 0) is 12.1 Å². The number of hydrogen-bond acceptors (Lipinski definition) is 7. The molecular weight excluding hydrogens is 328 g/mol. The van der Waals surface area contributed by atoms with Gasteiger partial charge in [0.25, 0.3) is 5.91 Å². The van der Waals surface area contributed by atoms with E-state index in [1.807, 2.05) is 0 Å². The molecule has 120 valence electrons. The molecule has 0 bridgehead atoms. The van der Waals surface area contributed by atoms with Crippen LogP contribution in [0.1, 0.15) is 10.5 Å². The van der Waals surface area contributed by atoms with Crippen LogP contribution in [0.4, 0.5) is 5.69 Å². The van der Waals surface area contributed by atoms with Crippen molar-refractivity contribution in [3.05, 3.63) is 47.9 Å². The van der Waals surface area contributed by atoms with Gasteiger partial charge < -0.3 is 14.8 Å². The van der Waals surface area contributed by atoms with E-state index in [1.165, 1.54) is 11.3 Å². The topological polar surface area (TPSA) is 86.2 Å². The summed E-state index contributed by atoms with van der Waals surface area (Å²) in [5.41, 5.74) is 1.59. The molecule has 0 saturated carbocycles. The van der Waals surface area contributed by atoms with E-state index >= 15 is 0 Å². The van der Waals surface area contributed by atoms with E-state index in [2.05, 4.69) is 20.3 Å². The maximum atomic E-state index is 12.4. The number of ether oxygens (including phenoxy) is 2. The Bertz CT molecular complexity index is 882. The fraction of sp³-hybridized carbons (Fsp3) is 0.125. The van der Waals surface area contributed by atoms with Crippen molar-refractivity contribution in [1.82, 2.24) is 15.0 Å². The van der Waals surface area contributed by atoms with E-state index in [0.717, 1.165) is 0 Å². The summed E-state index contributed by atoms with van der Waals surface area (Å²) in [5, 5.41) is 5.15. The Morgan fingerprint density at radius 3 is 2.88 bits per heavy atom. The number of rotatable bonds is 3. The first-order chi connectivity index (χ1) is 11.8. The highest BCUT2D eigenvalue weighted by atomic mass is 32.1. The minimum absolute atomic E-state index is 0.293. The van der Waals surface area contributed by atoms with E-state index in [1.54, 1.807) is 42.2 Å². The molecule has 1 N–H and O–H groups in total. The first kappa shape index (κ1) is 14.6. The van der Waals surface area contributed by atoms with Gasteiger partial charge in [0.1, 0.15) is 29.6 Å². The van der Waals surface area contributed by atoms with E-state index in [-0.39, 0.29) is 5.91 Å². The van der Waals surface area contributed by atoms with Crippen molar-refractivity contribution in [2.24, 2.45) is 0 Å². The second-order valence-corrected chi connectivity index (χ2v) is 5.80. The monoisotopic (exact) mass is 340 g/mol. The Morgan fingerprint density at radius 1 is 1.17 bits per heavy atom. The lowest BCUT2D eigenvalue weighted by Crippen LogP contribution is -2.16. The first-order valence-electron chi connectivity index (χ1n) is 7.22. The van der Waals surface area contributed by atoms with Crippen molar-refractivity contribution in [3.63, 3.8) is 0 Å². The van der Waals surface area contributed by atoms with E-state index < -0.39 is 0 Å². The third-order valence-corrected chi connectivity index (χ3v) is 4.18. The van der Waals surface area contributed by atoms with Gasteiger partial charge in [0.2, 0.25) is 0 Å². The number of carbonyl (C=O) groups excluding carboxylic acids is 1. The largest absolute Gasteiger partial charge is 0.486 e. The molecule has 0 radical (unpaired) electrons. The van der Waals surface area contributed by atoms with Crippen molar-refractivity contribution in [2.45, 2.75) is 0 Å². The molecule has 0 saturated heterocycles. The second-order valence-electron chi connectivity index (χ2n) is 4.94. The summed E-state index contributed by atoms with van der Waals surface area (Å²) in [6, 6.07) is 5.28. The molecule has 1 amide bonds. The zero-order chi connectivity index (χ0) is 16.4. The van der Waals surface area contributed by atoms with E-state index in [9.17, 15) is 4.79 Å². The zero-order valence-electron chi connectivity index (χ0n) is 12.4. The van der Waals surface area contributed by atoms with Crippen molar-refractivity contribution in [2.75, 3.05) is 18.5 Å². The smallest absolute Gasteiger partial charge is 0.275 e. The highest BCUT2D eigenvalue weighted by molar-refractivity contribution is 7.13. The van der Waals surface area contributed by atoms with Gasteiger partial charge in [0, 0.05) is 29.5 Å². The molecule has 8 heteroatoms. The highest BCUT2D eigenvalue weighted by Gasteiger charge is 2.15.